The molecule has 5 heteroatoms. The van der Waals surface area contributed by atoms with Crippen molar-refractivity contribution < 1.29 is 0 Å². The summed E-state index contributed by atoms with van der Waals surface area (Å²) in [6, 6.07) is 0.541. The fourth-order valence-corrected chi connectivity index (χ4v) is 2.56. The van der Waals surface area contributed by atoms with Crippen molar-refractivity contribution in [3.63, 3.8) is 0 Å². The van der Waals surface area contributed by atoms with Crippen LogP contribution in [0, 0.1) is 5.92 Å². The topological polar surface area (TPSA) is 57.7 Å². The minimum atomic E-state index is 0.541. The van der Waals surface area contributed by atoms with Crippen molar-refractivity contribution in [2.45, 2.75) is 32.7 Å². The molecule has 3 heterocycles. The van der Waals surface area contributed by atoms with E-state index in [1.54, 1.807) is 6.33 Å². The Hall–Kier alpha value is -1.65. The highest BCUT2D eigenvalue weighted by molar-refractivity contribution is 5.86. The molecule has 2 aromatic heterocycles. The summed E-state index contributed by atoms with van der Waals surface area (Å²) in [5, 5.41) is 7.97. The van der Waals surface area contributed by atoms with E-state index >= 15 is 0 Å². The molecule has 5 nitrogen and oxygen atoms in total. The van der Waals surface area contributed by atoms with Gasteiger partial charge in [0.15, 0.2) is 5.65 Å². The average Bonchev–Trinajstić information content (AvgIpc) is 2.80. The molecule has 0 aromatic carbocycles. The predicted octanol–water partition coefficient (Wildman–Crippen LogP) is 1.98. The maximum atomic E-state index is 4.44. The normalized spacial score (nSPS) is 25.4. The van der Waals surface area contributed by atoms with Gasteiger partial charge < -0.3 is 4.90 Å². The number of rotatable bonds is 1. The van der Waals surface area contributed by atoms with Crippen LogP contribution in [0.25, 0.3) is 11.0 Å². The van der Waals surface area contributed by atoms with E-state index in [1.165, 1.54) is 12.8 Å². The second-order valence-electron chi connectivity index (χ2n) is 5.01. The van der Waals surface area contributed by atoms with Gasteiger partial charge in [-0.25, -0.2) is 9.97 Å². The lowest BCUT2D eigenvalue weighted by molar-refractivity contribution is 0.389. The second kappa shape index (κ2) is 3.98. The lowest BCUT2D eigenvalue weighted by Gasteiger charge is -2.37. The molecule has 3 rings (SSSR count). The highest BCUT2D eigenvalue weighted by Gasteiger charge is 2.25. The number of H-pyrrole nitrogens is 1. The molecule has 0 saturated carbocycles. The van der Waals surface area contributed by atoms with Crippen LogP contribution in [0.2, 0.25) is 0 Å². The molecule has 0 amide bonds. The molecular formula is C12H17N5. The van der Waals surface area contributed by atoms with E-state index < -0.39 is 0 Å². The van der Waals surface area contributed by atoms with Crippen molar-refractivity contribution in [1.29, 1.82) is 0 Å². The third-order valence-corrected chi connectivity index (χ3v) is 3.62. The van der Waals surface area contributed by atoms with Gasteiger partial charge in [0.05, 0.1) is 11.6 Å². The zero-order chi connectivity index (χ0) is 11.8. The summed E-state index contributed by atoms with van der Waals surface area (Å²) in [6.07, 6.45) is 5.96. The lowest BCUT2D eigenvalue weighted by atomic mass is 9.95. The number of anilines is 1. The van der Waals surface area contributed by atoms with Crippen LogP contribution in [-0.4, -0.2) is 32.8 Å². The van der Waals surface area contributed by atoms with Gasteiger partial charge in [-0.15, -0.1) is 0 Å². The van der Waals surface area contributed by atoms with E-state index in [2.05, 4.69) is 38.9 Å². The molecule has 17 heavy (non-hydrogen) atoms. The molecule has 1 fully saturated rings. The maximum absolute atomic E-state index is 4.44. The third-order valence-electron chi connectivity index (χ3n) is 3.62. The molecule has 2 atom stereocenters. The quantitative estimate of drug-likeness (QED) is 0.815. The van der Waals surface area contributed by atoms with Crippen LogP contribution < -0.4 is 4.90 Å². The molecule has 0 aliphatic carbocycles. The summed E-state index contributed by atoms with van der Waals surface area (Å²) in [4.78, 5) is 11.0. The van der Waals surface area contributed by atoms with Crippen LogP contribution in [0.4, 0.5) is 5.82 Å². The molecule has 2 aromatic rings. The van der Waals surface area contributed by atoms with Gasteiger partial charge in [-0.3, -0.25) is 5.10 Å². The molecule has 1 N–H and O–H groups in total. The summed E-state index contributed by atoms with van der Waals surface area (Å²) in [5.74, 6) is 1.74. The zero-order valence-electron chi connectivity index (χ0n) is 10.2. The second-order valence-corrected chi connectivity index (χ2v) is 5.01. The average molecular weight is 231 g/mol. The Morgan fingerprint density at radius 2 is 2.18 bits per heavy atom. The van der Waals surface area contributed by atoms with Gasteiger partial charge in [0.2, 0.25) is 0 Å². The smallest absolute Gasteiger partial charge is 0.160 e. The first kappa shape index (κ1) is 10.5. The van der Waals surface area contributed by atoms with E-state index in [1.807, 2.05) is 6.20 Å². The van der Waals surface area contributed by atoms with Crippen LogP contribution in [0.15, 0.2) is 12.5 Å². The molecule has 1 aliphatic rings. The molecule has 90 valence electrons. The molecule has 0 bridgehead atoms. The van der Waals surface area contributed by atoms with Gasteiger partial charge in [0, 0.05) is 12.6 Å². The van der Waals surface area contributed by atoms with Gasteiger partial charge in [-0.05, 0) is 25.7 Å². The number of hydrogen-bond donors (Lipinski definition) is 1. The van der Waals surface area contributed by atoms with Crippen LogP contribution in [-0.2, 0) is 0 Å². The summed E-state index contributed by atoms with van der Waals surface area (Å²) in [6.45, 7) is 5.63. The summed E-state index contributed by atoms with van der Waals surface area (Å²) >= 11 is 0. The number of aromatic amines is 1. The standard InChI is InChI=1S/C12H17N5/c1-8-3-4-9(2)17(6-8)12-10-5-15-16-11(10)13-7-14-12/h5,7-9H,3-4,6H2,1-2H3,(H,13,14,15,16). The summed E-state index contributed by atoms with van der Waals surface area (Å²) < 4.78 is 0. The van der Waals surface area contributed by atoms with Gasteiger partial charge in [-0.1, -0.05) is 6.92 Å². The molecule has 1 saturated heterocycles. The van der Waals surface area contributed by atoms with Crippen molar-refractivity contribution in [2.75, 3.05) is 11.4 Å². The van der Waals surface area contributed by atoms with Gasteiger partial charge in [0.25, 0.3) is 0 Å². The Labute approximate surface area is 100 Å². The van der Waals surface area contributed by atoms with Crippen LogP contribution in [0.1, 0.15) is 26.7 Å². The summed E-state index contributed by atoms with van der Waals surface area (Å²) in [5.41, 5.74) is 0.820. The predicted molar refractivity (Wildman–Crippen MR) is 66.9 cm³/mol. The van der Waals surface area contributed by atoms with Crippen LogP contribution in [0.5, 0.6) is 0 Å². The Morgan fingerprint density at radius 1 is 1.29 bits per heavy atom. The number of nitrogens with zero attached hydrogens (tertiary/aromatic N) is 4. The van der Waals surface area contributed by atoms with Crippen molar-refractivity contribution in [3.8, 4) is 0 Å². The number of aromatic nitrogens is 4. The third kappa shape index (κ3) is 1.75. The fourth-order valence-electron chi connectivity index (χ4n) is 2.56. The SMILES string of the molecule is CC1CCC(C)N(c2ncnc3[nH]ncc23)C1. The van der Waals surface area contributed by atoms with Gasteiger partial charge in [0.1, 0.15) is 12.1 Å². The first-order chi connectivity index (χ1) is 8.25. The van der Waals surface area contributed by atoms with Gasteiger partial charge in [-0.2, -0.15) is 5.10 Å². The number of nitrogens with one attached hydrogen (secondary N) is 1. The minimum Gasteiger partial charge on any atom is -0.353 e. The highest BCUT2D eigenvalue weighted by Crippen LogP contribution is 2.29. The number of piperidine rings is 1. The molecule has 1 aliphatic heterocycles. The Bertz CT molecular complexity index is 520. The lowest BCUT2D eigenvalue weighted by Crippen LogP contribution is -2.41. The first-order valence-electron chi connectivity index (χ1n) is 6.16. The minimum absolute atomic E-state index is 0.541. The van der Waals surface area contributed by atoms with Crippen molar-refractivity contribution in [2.24, 2.45) is 5.92 Å². The fraction of sp³-hybridized carbons (Fsp3) is 0.583. The number of fused-ring (bicyclic) bond motifs is 1. The van der Waals surface area contributed by atoms with E-state index in [0.29, 0.717) is 6.04 Å². The Morgan fingerprint density at radius 3 is 3.06 bits per heavy atom. The number of hydrogen-bond acceptors (Lipinski definition) is 4. The van der Waals surface area contributed by atoms with Crippen molar-refractivity contribution >= 4 is 16.9 Å². The largest absolute Gasteiger partial charge is 0.353 e. The Kier molecular flexibility index (Phi) is 2.46. The molecule has 2 unspecified atom stereocenters. The van der Waals surface area contributed by atoms with E-state index in [-0.39, 0.29) is 0 Å². The monoisotopic (exact) mass is 231 g/mol. The van der Waals surface area contributed by atoms with Crippen LogP contribution >= 0.6 is 0 Å². The zero-order valence-corrected chi connectivity index (χ0v) is 10.2. The van der Waals surface area contributed by atoms with Crippen LogP contribution in [0.3, 0.4) is 0 Å². The van der Waals surface area contributed by atoms with Crippen molar-refractivity contribution in [1.82, 2.24) is 20.2 Å². The molecule has 0 radical (unpaired) electrons. The molecule has 0 spiro atoms. The molecular weight excluding hydrogens is 214 g/mol. The first-order valence-corrected chi connectivity index (χ1v) is 6.16. The summed E-state index contributed by atoms with van der Waals surface area (Å²) in [7, 11) is 0. The van der Waals surface area contributed by atoms with Gasteiger partial charge >= 0.3 is 0 Å². The van der Waals surface area contributed by atoms with E-state index in [4.69, 9.17) is 0 Å². The maximum Gasteiger partial charge on any atom is 0.160 e. The highest BCUT2D eigenvalue weighted by atomic mass is 15.2. The van der Waals surface area contributed by atoms with Crippen molar-refractivity contribution in [3.05, 3.63) is 12.5 Å². The van der Waals surface area contributed by atoms with E-state index in [0.717, 1.165) is 29.3 Å². The Balaban J connectivity index is 2.04. The van der Waals surface area contributed by atoms with E-state index in [9.17, 15) is 0 Å².